The molecule has 0 unspecified atom stereocenters. The minimum Gasteiger partial charge on any atom is -0.278 e. The van der Waals surface area contributed by atoms with Gasteiger partial charge < -0.3 is 0 Å². The standard InChI is InChI=1S/C60H40N8Si/c1-5-22-41(23-6-1)55-61-56(42-24-21-31-46(40-42)69(43-25-7-2-8-26-43,44-27-9-3-10-28-44)45-29-11-4-12-30-45)63-57(62-55)58-64-59(67-51-36-17-13-32-47(51)48-33-14-18-37-52(48)67)66-60(65-58)68-53-38-19-15-34-49(53)50-35-16-20-39-54(50)68/h1-40H. The van der Waals surface area contributed by atoms with E-state index >= 15 is 0 Å². The van der Waals surface area contributed by atoms with E-state index < -0.39 is 8.07 Å². The van der Waals surface area contributed by atoms with Crippen molar-refractivity contribution in [1.29, 1.82) is 0 Å². The summed E-state index contributed by atoms with van der Waals surface area (Å²) in [6.07, 6.45) is 0. The Hall–Kier alpha value is -9.18. The van der Waals surface area contributed by atoms with E-state index in [0.29, 0.717) is 35.2 Å². The first-order valence-corrected chi connectivity index (χ1v) is 25.0. The zero-order chi connectivity index (χ0) is 45.7. The van der Waals surface area contributed by atoms with Crippen molar-refractivity contribution in [2.75, 3.05) is 0 Å². The summed E-state index contributed by atoms with van der Waals surface area (Å²) >= 11 is 0. The average Bonchev–Trinajstić information content (AvgIpc) is 3.95. The predicted octanol–water partition coefficient (Wildman–Crippen LogP) is 10.6. The highest BCUT2D eigenvalue weighted by Gasteiger charge is 2.41. The summed E-state index contributed by atoms with van der Waals surface area (Å²) in [4.78, 5) is 31.9. The number of fused-ring (bicyclic) bond motifs is 6. The number of hydrogen-bond acceptors (Lipinski definition) is 6. The van der Waals surface area contributed by atoms with Gasteiger partial charge in [-0.05, 0) is 45.0 Å². The van der Waals surface area contributed by atoms with Crippen molar-refractivity contribution in [2.24, 2.45) is 0 Å². The van der Waals surface area contributed by atoms with Crippen molar-refractivity contribution in [3.05, 3.63) is 243 Å². The molecule has 13 rings (SSSR count). The lowest BCUT2D eigenvalue weighted by Gasteiger charge is -2.34. The first-order chi connectivity index (χ1) is 34.2. The number of benzene rings is 9. The average molecular weight is 901 g/mol. The first-order valence-electron chi connectivity index (χ1n) is 23.0. The molecule has 0 saturated heterocycles. The van der Waals surface area contributed by atoms with Gasteiger partial charge in [0.15, 0.2) is 19.7 Å². The molecule has 9 aromatic carbocycles. The molecular formula is C60H40N8Si. The predicted molar refractivity (Wildman–Crippen MR) is 282 cm³/mol. The third-order valence-corrected chi connectivity index (χ3v) is 18.0. The Labute approximate surface area is 398 Å². The number of nitrogens with zero attached hydrogens (tertiary/aromatic N) is 8. The second-order valence-electron chi connectivity index (χ2n) is 17.1. The summed E-state index contributed by atoms with van der Waals surface area (Å²) in [5.41, 5.74) is 5.61. The summed E-state index contributed by atoms with van der Waals surface area (Å²) in [6.45, 7) is 0. The fourth-order valence-electron chi connectivity index (χ4n) is 10.2. The minimum atomic E-state index is -2.90. The van der Waals surface area contributed by atoms with Crippen LogP contribution in [0.5, 0.6) is 0 Å². The molecule has 13 aromatic rings. The molecule has 0 bridgehead atoms. The van der Waals surface area contributed by atoms with Gasteiger partial charge in [0.1, 0.15) is 0 Å². The highest BCUT2D eigenvalue weighted by molar-refractivity contribution is 7.19. The van der Waals surface area contributed by atoms with E-state index in [2.05, 4.69) is 221 Å². The van der Waals surface area contributed by atoms with E-state index in [1.54, 1.807) is 0 Å². The van der Waals surface area contributed by atoms with Gasteiger partial charge >= 0.3 is 0 Å². The van der Waals surface area contributed by atoms with Crippen LogP contribution in [0.3, 0.4) is 0 Å². The Balaban J connectivity index is 1.08. The highest BCUT2D eigenvalue weighted by atomic mass is 28.3. The maximum Gasteiger partial charge on any atom is 0.240 e. The van der Waals surface area contributed by atoms with E-state index in [1.165, 1.54) is 20.7 Å². The molecule has 0 aliphatic heterocycles. The Kier molecular flexibility index (Phi) is 9.65. The van der Waals surface area contributed by atoms with Crippen LogP contribution in [-0.2, 0) is 0 Å². The Morgan fingerprint density at radius 2 is 0.565 bits per heavy atom. The van der Waals surface area contributed by atoms with Crippen LogP contribution in [0.1, 0.15) is 0 Å². The quantitative estimate of drug-likeness (QED) is 0.106. The number of hydrogen-bond donors (Lipinski definition) is 0. The van der Waals surface area contributed by atoms with Crippen molar-refractivity contribution in [3.8, 4) is 46.3 Å². The monoisotopic (exact) mass is 900 g/mol. The number of rotatable bonds is 9. The molecule has 0 fully saturated rings. The Bertz CT molecular complexity index is 3690. The largest absolute Gasteiger partial charge is 0.278 e. The van der Waals surface area contributed by atoms with Gasteiger partial charge in [0.25, 0.3) is 0 Å². The van der Waals surface area contributed by atoms with Crippen molar-refractivity contribution in [1.82, 2.24) is 39.0 Å². The third kappa shape index (κ3) is 6.66. The van der Waals surface area contributed by atoms with E-state index in [0.717, 1.165) is 54.7 Å². The van der Waals surface area contributed by atoms with Gasteiger partial charge in [0, 0.05) is 32.7 Å². The smallest absolute Gasteiger partial charge is 0.240 e. The topological polar surface area (TPSA) is 87.2 Å². The summed E-state index contributed by atoms with van der Waals surface area (Å²) in [6, 6.07) is 85.2. The normalized spacial score (nSPS) is 11.8. The zero-order valence-corrected chi connectivity index (χ0v) is 38.2. The van der Waals surface area contributed by atoms with Gasteiger partial charge in [0.05, 0.1) is 22.1 Å². The van der Waals surface area contributed by atoms with Crippen LogP contribution < -0.4 is 20.7 Å². The second-order valence-corrected chi connectivity index (χ2v) is 20.9. The molecule has 0 saturated carbocycles. The van der Waals surface area contributed by atoms with Crippen LogP contribution in [0.25, 0.3) is 89.9 Å². The molecule has 0 aliphatic rings. The summed E-state index contributed by atoms with van der Waals surface area (Å²) in [5.74, 6) is 2.56. The Morgan fingerprint density at radius 1 is 0.246 bits per heavy atom. The Morgan fingerprint density at radius 3 is 1.00 bits per heavy atom. The molecule has 0 radical (unpaired) electrons. The van der Waals surface area contributed by atoms with Crippen molar-refractivity contribution >= 4 is 72.4 Å². The van der Waals surface area contributed by atoms with E-state index in [1.807, 2.05) is 30.3 Å². The van der Waals surface area contributed by atoms with Gasteiger partial charge in [-0.1, -0.05) is 218 Å². The minimum absolute atomic E-state index is 0.317. The van der Waals surface area contributed by atoms with Gasteiger partial charge in [-0.25, -0.2) is 15.0 Å². The van der Waals surface area contributed by atoms with Gasteiger partial charge in [-0.3, -0.25) is 9.13 Å². The van der Waals surface area contributed by atoms with Crippen LogP contribution in [0.4, 0.5) is 0 Å². The molecule has 0 N–H and O–H groups in total. The van der Waals surface area contributed by atoms with E-state index in [4.69, 9.17) is 29.9 Å². The maximum atomic E-state index is 5.37. The third-order valence-electron chi connectivity index (χ3n) is 13.2. The summed E-state index contributed by atoms with van der Waals surface area (Å²) in [5, 5.41) is 9.44. The number of para-hydroxylation sites is 4. The van der Waals surface area contributed by atoms with E-state index in [-0.39, 0.29) is 0 Å². The molecule has 8 nitrogen and oxygen atoms in total. The lowest BCUT2D eigenvalue weighted by atomic mass is 10.2. The lowest BCUT2D eigenvalue weighted by molar-refractivity contribution is 0.881. The second kappa shape index (κ2) is 16.6. The first kappa shape index (κ1) is 40.1. The van der Waals surface area contributed by atoms with Crippen molar-refractivity contribution in [3.63, 3.8) is 0 Å². The molecule has 0 atom stereocenters. The van der Waals surface area contributed by atoms with E-state index in [9.17, 15) is 0 Å². The van der Waals surface area contributed by atoms with Crippen LogP contribution in [-0.4, -0.2) is 47.1 Å². The molecule has 9 heteroatoms. The molecule has 69 heavy (non-hydrogen) atoms. The SMILES string of the molecule is c1ccc(-c2nc(-c3cccc([Si](c4ccccc4)(c4ccccc4)c4ccccc4)c3)nc(-c3nc(-n4c5ccccc5c5ccccc54)nc(-n4c5ccccc5c5ccccc54)n3)n2)cc1. The maximum absolute atomic E-state index is 5.37. The number of aromatic nitrogens is 8. The van der Waals surface area contributed by atoms with Crippen LogP contribution in [0.15, 0.2) is 243 Å². The molecule has 0 spiro atoms. The van der Waals surface area contributed by atoms with Gasteiger partial charge in [-0.2, -0.15) is 15.0 Å². The molecule has 4 heterocycles. The van der Waals surface area contributed by atoms with Crippen molar-refractivity contribution < 1.29 is 0 Å². The fourth-order valence-corrected chi connectivity index (χ4v) is 15.0. The zero-order valence-electron chi connectivity index (χ0n) is 37.2. The molecule has 0 aliphatic carbocycles. The van der Waals surface area contributed by atoms with Gasteiger partial charge in [0.2, 0.25) is 23.5 Å². The summed E-state index contributed by atoms with van der Waals surface area (Å²) in [7, 11) is -2.90. The molecule has 4 aromatic heterocycles. The van der Waals surface area contributed by atoms with Crippen LogP contribution in [0, 0.1) is 0 Å². The molecular weight excluding hydrogens is 861 g/mol. The van der Waals surface area contributed by atoms with Crippen LogP contribution >= 0.6 is 0 Å². The highest BCUT2D eigenvalue weighted by Crippen LogP contribution is 2.34. The lowest BCUT2D eigenvalue weighted by Crippen LogP contribution is -2.74. The van der Waals surface area contributed by atoms with Crippen LogP contribution in [0.2, 0.25) is 0 Å². The fraction of sp³-hybridized carbons (Fsp3) is 0. The van der Waals surface area contributed by atoms with Crippen molar-refractivity contribution in [2.45, 2.75) is 0 Å². The molecule has 0 amide bonds. The molecule has 324 valence electrons. The summed E-state index contributed by atoms with van der Waals surface area (Å²) < 4.78 is 4.25. The van der Waals surface area contributed by atoms with Gasteiger partial charge in [-0.15, -0.1) is 0 Å².